The average Bonchev–Trinajstić information content (AvgIpc) is 2.48. The van der Waals surface area contributed by atoms with E-state index < -0.39 is 0 Å². The second-order valence-electron chi connectivity index (χ2n) is 4.70. The first-order valence-electron chi connectivity index (χ1n) is 6.77. The molecule has 2 rings (SSSR count). The summed E-state index contributed by atoms with van der Waals surface area (Å²) in [6, 6.07) is 13.9. The normalized spacial score (nSPS) is 10.2. The number of anilines is 1. The van der Waals surface area contributed by atoms with Crippen molar-refractivity contribution in [3.05, 3.63) is 53.6 Å². The highest BCUT2D eigenvalue weighted by molar-refractivity contribution is 5.53. The number of nitrogens with one attached hydrogen (secondary N) is 1. The van der Waals surface area contributed by atoms with Crippen LogP contribution in [0.25, 0.3) is 0 Å². The molecule has 106 valence electrons. The van der Waals surface area contributed by atoms with Crippen LogP contribution in [-0.4, -0.2) is 20.3 Å². The molecule has 0 aliphatic rings. The summed E-state index contributed by atoms with van der Waals surface area (Å²) in [4.78, 5) is 0. The Kier molecular flexibility index (Phi) is 4.88. The Bertz CT molecular complexity index is 549. The van der Waals surface area contributed by atoms with Gasteiger partial charge in [-0.05, 0) is 55.3 Å². The minimum absolute atomic E-state index is 0.625. The van der Waals surface area contributed by atoms with Gasteiger partial charge in [-0.15, -0.1) is 0 Å². The minimum atomic E-state index is 0.625. The number of ether oxygens (including phenoxy) is 2. The van der Waals surface area contributed by atoms with Gasteiger partial charge in [0.15, 0.2) is 0 Å². The zero-order valence-corrected chi connectivity index (χ0v) is 12.3. The molecule has 2 aromatic carbocycles. The number of hydrogen-bond acceptors (Lipinski definition) is 3. The zero-order valence-electron chi connectivity index (χ0n) is 12.3. The summed E-state index contributed by atoms with van der Waals surface area (Å²) in [5, 5.41) is 3.40. The molecule has 0 fully saturated rings. The third-order valence-electron chi connectivity index (χ3n) is 3.35. The van der Waals surface area contributed by atoms with Crippen LogP contribution >= 0.6 is 0 Å². The molecule has 0 spiro atoms. The van der Waals surface area contributed by atoms with E-state index in [1.165, 1.54) is 16.8 Å². The molecule has 0 saturated heterocycles. The number of methoxy groups -OCH3 is 1. The molecule has 2 aromatic rings. The standard InChI is InChI=1S/C17H21NO2/c1-13-5-4-6-17(14(13)2)18-11-12-20-16-9-7-15(19-3)8-10-16/h4-10,18H,11-12H2,1-3H3. The average molecular weight is 271 g/mol. The Labute approximate surface area is 120 Å². The van der Waals surface area contributed by atoms with Crippen molar-refractivity contribution in [1.29, 1.82) is 0 Å². The van der Waals surface area contributed by atoms with Crippen molar-refractivity contribution in [2.45, 2.75) is 13.8 Å². The number of aryl methyl sites for hydroxylation is 1. The molecular weight excluding hydrogens is 250 g/mol. The Balaban J connectivity index is 1.80. The molecule has 0 aliphatic heterocycles. The van der Waals surface area contributed by atoms with Crippen LogP contribution in [-0.2, 0) is 0 Å². The maximum absolute atomic E-state index is 5.68. The summed E-state index contributed by atoms with van der Waals surface area (Å²) in [6.45, 7) is 5.65. The van der Waals surface area contributed by atoms with E-state index >= 15 is 0 Å². The summed E-state index contributed by atoms with van der Waals surface area (Å²) < 4.78 is 10.8. The van der Waals surface area contributed by atoms with E-state index in [0.29, 0.717) is 6.61 Å². The Hall–Kier alpha value is -2.16. The van der Waals surface area contributed by atoms with Gasteiger partial charge in [0.1, 0.15) is 18.1 Å². The van der Waals surface area contributed by atoms with Gasteiger partial charge in [0.05, 0.1) is 7.11 Å². The van der Waals surface area contributed by atoms with Crippen LogP contribution in [0.4, 0.5) is 5.69 Å². The molecule has 3 nitrogen and oxygen atoms in total. The fraction of sp³-hybridized carbons (Fsp3) is 0.294. The molecule has 20 heavy (non-hydrogen) atoms. The van der Waals surface area contributed by atoms with Crippen molar-refractivity contribution < 1.29 is 9.47 Å². The maximum Gasteiger partial charge on any atom is 0.119 e. The Morgan fingerprint density at radius 2 is 1.65 bits per heavy atom. The van der Waals surface area contributed by atoms with Crippen molar-refractivity contribution in [2.75, 3.05) is 25.6 Å². The summed E-state index contributed by atoms with van der Waals surface area (Å²) in [6.07, 6.45) is 0. The number of benzene rings is 2. The van der Waals surface area contributed by atoms with Gasteiger partial charge in [0, 0.05) is 12.2 Å². The molecule has 0 saturated carbocycles. The van der Waals surface area contributed by atoms with E-state index in [2.05, 4.69) is 37.4 Å². The summed E-state index contributed by atoms with van der Waals surface area (Å²) in [5.74, 6) is 1.69. The van der Waals surface area contributed by atoms with E-state index in [0.717, 1.165) is 18.0 Å². The quantitative estimate of drug-likeness (QED) is 0.811. The first-order valence-corrected chi connectivity index (χ1v) is 6.77. The summed E-state index contributed by atoms with van der Waals surface area (Å²) in [7, 11) is 1.66. The van der Waals surface area contributed by atoms with Crippen molar-refractivity contribution in [1.82, 2.24) is 0 Å². The van der Waals surface area contributed by atoms with E-state index in [1.807, 2.05) is 24.3 Å². The minimum Gasteiger partial charge on any atom is -0.497 e. The van der Waals surface area contributed by atoms with Crippen LogP contribution in [0.5, 0.6) is 11.5 Å². The second-order valence-corrected chi connectivity index (χ2v) is 4.70. The van der Waals surface area contributed by atoms with E-state index in [1.54, 1.807) is 7.11 Å². The summed E-state index contributed by atoms with van der Waals surface area (Å²) >= 11 is 0. The van der Waals surface area contributed by atoms with Gasteiger partial charge in [-0.25, -0.2) is 0 Å². The lowest BCUT2D eigenvalue weighted by Crippen LogP contribution is -2.12. The van der Waals surface area contributed by atoms with Gasteiger partial charge in [0.25, 0.3) is 0 Å². The van der Waals surface area contributed by atoms with Crippen LogP contribution < -0.4 is 14.8 Å². The molecule has 0 radical (unpaired) electrons. The highest BCUT2D eigenvalue weighted by Gasteiger charge is 2.00. The lowest BCUT2D eigenvalue weighted by Gasteiger charge is -2.12. The molecule has 1 N–H and O–H groups in total. The second kappa shape index (κ2) is 6.85. The molecule has 0 bridgehead atoms. The van der Waals surface area contributed by atoms with E-state index in [9.17, 15) is 0 Å². The molecule has 3 heteroatoms. The number of hydrogen-bond donors (Lipinski definition) is 1. The first-order chi connectivity index (χ1) is 9.70. The summed E-state index contributed by atoms with van der Waals surface area (Å²) in [5.41, 5.74) is 3.76. The molecular formula is C17H21NO2. The van der Waals surface area contributed by atoms with Crippen molar-refractivity contribution >= 4 is 5.69 Å². The van der Waals surface area contributed by atoms with E-state index in [4.69, 9.17) is 9.47 Å². The van der Waals surface area contributed by atoms with Crippen molar-refractivity contribution in [2.24, 2.45) is 0 Å². The van der Waals surface area contributed by atoms with Gasteiger partial charge >= 0.3 is 0 Å². The molecule has 0 heterocycles. The van der Waals surface area contributed by atoms with Gasteiger partial charge in [0.2, 0.25) is 0 Å². The van der Waals surface area contributed by atoms with Crippen LogP contribution in [0.15, 0.2) is 42.5 Å². The van der Waals surface area contributed by atoms with Gasteiger partial charge in [-0.2, -0.15) is 0 Å². The zero-order chi connectivity index (χ0) is 14.4. The molecule has 0 aliphatic carbocycles. The fourth-order valence-corrected chi connectivity index (χ4v) is 1.97. The topological polar surface area (TPSA) is 30.5 Å². The lowest BCUT2D eigenvalue weighted by molar-refractivity contribution is 0.331. The number of rotatable bonds is 6. The Morgan fingerprint density at radius 3 is 2.35 bits per heavy atom. The third kappa shape index (κ3) is 3.67. The van der Waals surface area contributed by atoms with Crippen molar-refractivity contribution in [3.8, 4) is 11.5 Å². The lowest BCUT2D eigenvalue weighted by atomic mass is 10.1. The van der Waals surface area contributed by atoms with Crippen LogP contribution in [0.3, 0.4) is 0 Å². The van der Waals surface area contributed by atoms with Crippen molar-refractivity contribution in [3.63, 3.8) is 0 Å². The van der Waals surface area contributed by atoms with Gasteiger partial charge in [-0.3, -0.25) is 0 Å². The molecule has 0 amide bonds. The first kappa shape index (κ1) is 14.3. The molecule has 0 aromatic heterocycles. The molecule has 0 unspecified atom stereocenters. The monoisotopic (exact) mass is 271 g/mol. The largest absolute Gasteiger partial charge is 0.497 e. The van der Waals surface area contributed by atoms with Crippen LogP contribution in [0, 0.1) is 13.8 Å². The predicted octanol–water partition coefficient (Wildman–Crippen LogP) is 3.80. The van der Waals surface area contributed by atoms with E-state index in [-0.39, 0.29) is 0 Å². The Morgan fingerprint density at radius 1 is 0.950 bits per heavy atom. The maximum atomic E-state index is 5.68. The van der Waals surface area contributed by atoms with Gasteiger partial charge < -0.3 is 14.8 Å². The fourth-order valence-electron chi connectivity index (χ4n) is 1.97. The van der Waals surface area contributed by atoms with Crippen LogP contribution in [0.2, 0.25) is 0 Å². The molecule has 0 atom stereocenters. The smallest absolute Gasteiger partial charge is 0.119 e. The van der Waals surface area contributed by atoms with Crippen LogP contribution in [0.1, 0.15) is 11.1 Å². The highest BCUT2D eigenvalue weighted by atomic mass is 16.5. The predicted molar refractivity (Wildman–Crippen MR) is 82.9 cm³/mol. The van der Waals surface area contributed by atoms with Gasteiger partial charge in [-0.1, -0.05) is 12.1 Å². The third-order valence-corrected chi connectivity index (χ3v) is 3.35. The highest BCUT2D eigenvalue weighted by Crippen LogP contribution is 2.18. The SMILES string of the molecule is COc1ccc(OCCNc2cccc(C)c2C)cc1.